The van der Waals surface area contributed by atoms with Crippen LogP contribution in [0, 0.1) is 17.0 Å². The van der Waals surface area contributed by atoms with Crippen molar-refractivity contribution < 1.29 is 14.5 Å². The van der Waals surface area contributed by atoms with E-state index in [1.165, 1.54) is 12.1 Å². The summed E-state index contributed by atoms with van der Waals surface area (Å²) in [5.41, 5.74) is -0.0178. The first-order valence-electron chi connectivity index (χ1n) is 7.57. The molecule has 1 unspecified atom stereocenters. The molecule has 2 saturated heterocycles. The van der Waals surface area contributed by atoms with Crippen LogP contribution in [0.3, 0.4) is 0 Å². The number of anilines is 1. The van der Waals surface area contributed by atoms with Crippen LogP contribution in [-0.2, 0) is 4.79 Å². The standard InChI is InChI=1S/C15H18N4O4/c1-10-11(4-2-5-12(10)19(22)23)17-14(21)18-9-3-6-15(18)7-8-16-13(15)20/h2,4-5H,3,6-9H2,1H3,(H,16,20)(H,17,21). The van der Waals surface area contributed by atoms with Gasteiger partial charge in [-0.15, -0.1) is 0 Å². The van der Waals surface area contributed by atoms with Crippen molar-refractivity contribution in [2.75, 3.05) is 18.4 Å². The number of hydrogen-bond acceptors (Lipinski definition) is 4. The molecule has 8 nitrogen and oxygen atoms in total. The van der Waals surface area contributed by atoms with Crippen molar-refractivity contribution in [2.24, 2.45) is 0 Å². The third kappa shape index (κ3) is 2.39. The van der Waals surface area contributed by atoms with Gasteiger partial charge in [0.05, 0.1) is 16.2 Å². The summed E-state index contributed by atoms with van der Waals surface area (Å²) in [6.45, 7) is 2.67. The van der Waals surface area contributed by atoms with Gasteiger partial charge in [0.2, 0.25) is 5.91 Å². The van der Waals surface area contributed by atoms with E-state index in [-0.39, 0.29) is 17.6 Å². The first-order valence-corrected chi connectivity index (χ1v) is 7.57. The van der Waals surface area contributed by atoms with Crippen LogP contribution >= 0.6 is 0 Å². The van der Waals surface area contributed by atoms with Gasteiger partial charge in [-0.1, -0.05) is 6.07 Å². The highest BCUT2D eigenvalue weighted by molar-refractivity contribution is 5.98. The Bertz CT molecular complexity index is 686. The molecule has 2 heterocycles. The smallest absolute Gasteiger partial charge is 0.322 e. The Hall–Kier alpha value is -2.64. The van der Waals surface area contributed by atoms with Crippen LogP contribution in [0.15, 0.2) is 18.2 Å². The Labute approximate surface area is 133 Å². The number of rotatable bonds is 2. The van der Waals surface area contributed by atoms with Crippen LogP contribution in [0.1, 0.15) is 24.8 Å². The number of likely N-dealkylation sites (tertiary alicyclic amines) is 1. The number of carbonyl (C=O) groups excluding carboxylic acids is 2. The first kappa shape index (κ1) is 15.3. The normalized spacial score (nSPS) is 23.2. The van der Waals surface area contributed by atoms with E-state index < -0.39 is 10.5 Å². The number of urea groups is 1. The van der Waals surface area contributed by atoms with Gasteiger partial charge in [-0.25, -0.2) is 4.79 Å². The summed E-state index contributed by atoms with van der Waals surface area (Å²) in [5.74, 6) is -0.110. The second-order valence-corrected chi connectivity index (χ2v) is 5.93. The number of nitro benzene ring substituents is 1. The highest BCUT2D eigenvalue weighted by atomic mass is 16.6. The quantitative estimate of drug-likeness (QED) is 0.640. The molecule has 0 saturated carbocycles. The average molecular weight is 318 g/mol. The summed E-state index contributed by atoms with van der Waals surface area (Å²) in [4.78, 5) is 36.8. The summed E-state index contributed by atoms with van der Waals surface area (Å²) in [6, 6.07) is 4.16. The van der Waals surface area contributed by atoms with E-state index >= 15 is 0 Å². The first-order chi connectivity index (χ1) is 11.0. The monoisotopic (exact) mass is 318 g/mol. The predicted octanol–water partition coefficient (Wildman–Crippen LogP) is 1.79. The number of nitrogens with one attached hydrogen (secondary N) is 2. The van der Waals surface area contributed by atoms with Crippen LogP contribution in [0.2, 0.25) is 0 Å². The van der Waals surface area contributed by atoms with Crippen LogP contribution in [0.25, 0.3) is 0 Å². The molecule has 2 aliphatic rings. The van der Waals surface area contributed by atoms with Crippen LogP contribution in [0.5, 0.6) is 0 Å². The minimum Gasteiger partial charge on any atom is -0.354 e. The number of hydrogen-bond donors (Lipinski definition) is 2. The molecule has 2 fully saturated rings. The van der Waals surface area contributed by atoms with Crippen molar-refractivity contribution in [2.45, 2.75) is 31.7 Å². The Morgan fingerprint density at radius 1 is 1.43 bits per heavy atom. The van der Waals surface area contributed by atoms with E-state index in [2.05, 4.69) is 10.6 Å². The van der Waals surface area contributed by atoms with E-state index in [9.17, 15) is 19.7 Å². The number of nitrogens with zero attached hydrogens (tertiary/aromatic N) is 2. The highest BCUT2D eigenvalue weighted by Gasteiger charge is 2.52. The molecule has 3 rings (SSSR count). The highest BCUT2D eigenvalue weighted by Crippen LogP contribution is 2.36. The fourth-order valence-electron chi connectivity index (χ4n) is 3.47. The Kier molecular flexibility index (Phi) is 3.67. The van der Waals surface area contributed by atoms with Gasteiger partial charge < -0.3 is 15.5 Å². The van der Waals surface area contributed by atoms with Crippen molar-refractivity contribution in [3.63, 3.8) is 0 Å². The second kappa shape index (κ2) is 5.53. The fraction of sp³-hybridized carbons (Fsp3) is 0.467. The minimum atomic E-state index is -0.765. The molecule has 3 amide bonds. The topological polar surface area (TPSA) is 105 Å². The average Bonchev–Trinajstić information content (AvgIpc) is 3.09. The maximum absolute atomic E-state index is 12.6. The van der Waals surface area contributed by atoms with Gasteiger partial charge in [0.15, 0.2) is 0 Å². The SMILES string of the molecule is Cc1c(NC(=O)N2CCCC23CCNC3=O)cccc1[N+](=O)[O-]. The molecular weight excluding hydrogens is 300 g/mol. The lowest BCUT2D eigenvalue weighted by molar-refractivity contribution is -0.385. The van der Waals surface area contributed by atoms with E-state index in [0.29, 0.717) is 37.2 Å². The van der Waals surface area contributed by atoms with Crippen molar-refractivity contribution in [3.8, 4) is 0 Å². The molecule has 1 aromatic carbocycles. The molecule has 23 heavy (non-hydrogen) atoms. The van der Waals surface area contributed by atoms with Gasteiger partial charge in [0, 0.05) is 19.2 Å². The number of carbonyl (C=O) groups is 2. The zero-order valence-electron chi connectivity index (χ0n) is 12.8. The zero-order valence-corrected chi connectivity index (χ0v) is 12.8. The molecule has 122 valence electrons. The van der Waals surface area contributed by atoms with E-state index in [4.69, 9.17) is 0 Å². The zero-order chi connectivity index (χ0) is 16.6. The molecule has 1 spiro atoms. The maximum atomic E-state index is 12.6. The largest absolute Gasteiger partial charge is 0.354 e. The third-order valence-electron chi connectivity index (χ3n) is 4.72. The minimum absolute atomic E-state index is 0.0439. The van der Waals surface area contributed by atoms with Gasteiger partial charge in [-0.3, -0.25) is 14.9 Å². The molecule has 1 atom stereocenters. The Morgan fingerprint density at radius 3 is 2.87 bits per heavy atom. The molecule has 0 aliphatic carbocycles. The summed E-state index contributed by atoms with van der Waals surface area (Å²) >= 11 is 0. The molecule has 0 aromatic heterocycles. The molecule has 2 N–H and O–H groups in total. The van der Waals surface area contributed by atoms with Crippen molar-refractivity contribution in [1.82, 2.24) is 10.2 Å². The van der Waals surface area contributed by atoms with Crippen molar-refractivity contribution >= 4 is 23.3 Å². The lowest BCUT2D eigenvalue weighted by Crippen LogP contribution is -2.53. The van der Waals surface area contributed by atoms with Gasteiger partial charge in [-0.05, 0) is 32.3 Å². The van der Waals surface area contributed by atoms with Crippen LogP contribution in [-0.4, -0.2) is 40.4 Å². The number of amides is 3. The van der Waals surface area contributed by atoms with E-state index in [1.54, 1.807) is 17.9 Å². The summed E-state index contributed by atoms with van der Waals surface area (Å²) in [5, 5.41) is 16.5. The van der Waals surface area contributed by atoms with Gasteiger partial charge in [0.1, 0.15) is 5.54 Å². The van der Waals surface area contributed by atoms with Gasteiger partial charge in [-0.2, -0.15) is 0 Å². The van der Waals surface area contributed by atoms with Gasteiger partial charge in [0.25, 0.3) is 5.69 Å². The summed E-state index contributed by atoms with van der Waals surface area (Å²) < 4.78 is 0. The molecular formula is C15H18N4O4. The Morgan fingerprint density at radius 2 is 2.22 bits per heavy atom. The molecule has 8 heteroatoms. The fourth-order valence-corrected chi connectivity index (χ4v) is 3.47. The number of benzene rings is 1. The molecule has 2 aliphatic heterocycles. The molecule has 0 bridgehead atoms. The molecule has 0 radical (unpaired) electrons. The third-order valence-corrected chi connectivity index (χ3v) is 4.72. The lowest BCUT2D eigenvalue weighted by Gasteiger charge is -2.32. The van der Waals surface area contributed by atoms with E-state index in [0.717, 1.165) is 6.42 Å². The summed E-state index contributed by atoms with van der Waals surface area (Å²) in [6.07, 6.45) is 2.03. The summed E-state index contributed by atoms with van der Waals surface area (Å²) in [7, 11) is 0. The van der Waals surface area contributed by atoms with Crippen LogP contribution in [0.4, 0.5) is 16.2 Å². The van der Waals surface area contributed by atoms with Crippen molar-refractivity contribution in [1.29, 1.82) is 0 Å². The van der Waals surface area contributed by atoms with Gasteiger partial charge >= 0.3 is 6.03 Å². The van der Waals surface area contributed by atoms with Crippen molar-refractivity contribution in [3.05, 3.63) is 33.9 Å². The number of nitro groups is 1. The lowest BCUT2D eigenvalue weighted by atomic mass is 9.94. The van der Waals surface area contributed by atoms with Crippen LogP contribution < -0.4 is 10.6 Å². The molecule has 1 aromatic rings. The maximum Gasteiger partial charge on any atom is 0.322 e. The van der Waals surface area contributed by atoms with E-state index in [1.807, 2.05) is 0 Å². The Balaban J connectivity index is 1.84. The second-order valence-electron chi connectivity index (χ2n) is 5.93. The predicted molar refractivity (Wildman–Crippen MR) is 83.1 cm³/mol.